The Balaban J connectivity index is 3.57. The summed E-state index contributed by atoms with van der Waals surface area (Å²) in [7, 11) is 0. The lowest BCUT2D eigenvalue weighted by Gasteiger charge is -2.11. The van der Waals surface area contributed by atoms with Gasteiger partial charge in [-0.2, -0.15) is 0 Å². The van der Waals surface area contributed by atoms with Gasteiger partial charge in [-0.15, -0.1) is 0 Å². The van der Waals surface area contributed by atoms with Gasteiger partial charge in [-0.05, 0) is 34.6 Å². The van der Waals surface area contributed by atoms with Crippen molar-refractivity contribution < 1.29 is 4.74 Å². The molecule has 0 aromatic rings. The van der Waals surface area contributed by atoms with Gasteiger partial charge in [0.2, 0.25) is 0 Å². The van der Waals surface area contributed by atoms with E-state index in [1.54, 1.807) is 0 Å². The summed E-state index contributed by atoms with van der Waals surface area (Å²) in [6.45, 7) is 10.1. The van der Waals surface area contributed by atoms with Crippen LogP contribution in [-0.4, -0.2) is 18.0 Å². The monoisotopic (exact) mass is 143 g/mol. The SMILES string of the molecule is CC(C)OC=NC(C)(C)C. The maximum Gasteiger partial charge on any atom is 0.170 e. The molecule has 0 saturated heterocycles. The molecule has 0 radical (unpaired) electrons. The lowest BCUT2D eigenvalue weighted by molar-refractivity contribution is 0.238. The first-order valence-electron chi connectivity index (χ1n) is 3.61. The summed E-state index contributed by atoms with van der Waals surface area (Å²) < 4.78 is 5.13. The highest BCUT2D eigenvalue weighted by molar-refractivity contribution is 5.47. The Morgan fingerprint density at radius 1 is 1.30 bits per heavy atom. The van der Waals surface area contributed by atoms with Crippen molar-refractivity contribution in [3.8, 4) is 0 Å². The molecule has 0 heterocycles. The Bertz CT molecular complexity index is 111. The Morgan fingerprint density at radius 2 is 1.80 bits per heavy atom. The minimum absolute atomic E-state index is 0.0190. The molecule has 0 aliphatic heterocycles. The first-order valence-corrected chi connectivity index (χ1v) is 3.61. The predicted octanol–water partition coefficient (Wildman–Crippen LogP) is 2.24. The van der Waals surface area contributed by atoms with E-state index in [4.69, 9.17) is 4.74 Å². The van der Waals surface area contributed by atoms with Crippen LogP contribution in [0.1, 0.15) is 34.6 Å². The molecule has 0 aromatic carbocycles. The second-order valence-electron chi connectivity index (χ2n) is 3.59. The lowest BCUT2D eigenvalue weighted by atomic mass is 10.1. The molecule has 0 aliphatic rings. The third-order valence-corrected chi connectivity index (χ3v) is 0.773. The van der Waals surface area contributed by atoms with Crippen LogP contribution in [-0.2, 0) is 4.74 Å². The van der Waals surface area contributed by atoms with Gasteiger partial charge in [-0.3, -0.25) is 4.99 Å². The van der Waals surface area contributed by atoms with Gasteiger partial charge in [0.1, 0.15) is 0 Å². The largest absolute Gasteiger partial charge is 0.481 e. The van der Waals surface area contributed by atoms with Crippen LogP contribution in [0.4, 0.5) is 0 Å². The normalized spacial score (nSPS) is 13.0. The summed E-state index contributed by atoms with van der Waals surface area (Å²) in [5.41, 5.74) is -0.0190. The number of rotatable bonds is 2. The summed E-state index contributed by atoms with van der Waals surface area (Å²) in [6.07, 6.45) is 1.76. The van der Waals surface area contributed by atoms with E-state index in [9.17, 15) is 0 Å². The van der Waals surface area contributed by atoms with E-state index in [-0.39, 0.29) is 11.6 Å². The van der Waals surface area contributed by atoms with Crippen LogP contribution in [0.25, 0.3) is 0 Å². The van der Waals surface area contributed by atoms with Crippen molar-refractivity contribution in [3.63, 3.8) is 0 Å². The number of aliphatic imine (C=N–C) groups is 1. The van der Waals surface area contributed by atoms with Gasteiger partial charge >= 0.3 is 0 Å². The average Bonchev–Trinajstić information content (AvgIpc) is 1.59. The van der Waals surface area contributed by atoms with Gasteiger partial charge in [0.15, 0.2) is 6.40 Å². The smallest absolute Gasteiger partial charge is 0.170 e. The molecule has 0 N–H and O–H groups in total. The van der Waals surface area contributed by atoms with Gasteiger partial charge < -0.3 is 4.74 Å². The number of hydrogen-bond donors (Lipinski definition) is 0. The van der Waals surface area contributed by atoms with Gasteiger partial charge in [-0.1, -0.05) is 0 Å². The maximum absolute atomic E-state index is 5.13. The standard InChI is InChI=1S/C8H17NO/c1-7(2)10-6-9-8(3,4)5/h6-7H,1-5H3. The van der Waals surface area contributed by atoms with E-state index >= 15 is 0 Å². The number of hydrogen-bond acceptors (Lipinski definition) is 2. The van der Waals surface area contributed by atoms with Gasteiger partial charge in [0, 0.05) is 0 Å². The van der Waals surface area contributed by atoms with E-state index in [1.807, 2.05) is 34.6 Å². The number of ether oxygens (including phenoxy) is 1. The average molecular weight is 143 g/mol. The third kappa shape index (κ3) is 7.47. The lowest BCUT2D eigenvalue weighted by Crippen LogP contribution is -2.11. The van der Waals surface area contributed by atoms with Crippen molar-refractivity contribution in [2.24, 2.45) is 4.99 Å². The van der Waals surface area contributed by atoms with E-state index in [2.05, 4.69) is 4.99 Å². The molecular weight excluding hydrogens is 126 g/mol. The van der Waals surface area contributed by atoms with Crippen molar-refractivity contribution in [2.75, 3.05) is 0 Å². The molecule has 0 unspecified atom stereocenters. The van der Waals surface area contributed by atoms with Crippen LogP contribution >= 0.6 is 0 Å². The molecule has 60 valence electrons. The topological polar surface area (TPSA) is 21.6 Å². The Kier molecular flexibility index (Phi) is 3.40. The first-order chi connectivity index (χ1) is 4.42. The van der Waals surface area contributed by atoms with E-state index in [1.165, 1.54) is 6.40 Å². The van der Waals surface area contributed by atoms with Crippen molar-refractivity contribution in [3.05, 3.63) is 0 Å². The Labute approximate surface area is 63.3 Å². The fraction of sp³-hybridized carbons (Fsp3) is 0.875. The molecule has 0 aromatic heterocycles. The second-order valence-corrected chi connectivity index (χ2v) is 3.59. The molecule has 2 nitrogen and oxygen atoms in total. The molecule has 0 aliphatic carbocycles. The van der Waals surface area contributed by atoms with Crippen molar-refractivity contribution in [1.29, 1.82) is 0 Å². The van der Waals surface area contributed by atoms with Crippen LogP contribution in [0, 0.1) is 0 Å². The summed E-state index contributed by atoms with van der Waals surface area (Å²) in [4.78, 5) is 4.15. The van der Waals surface area contributed by atoms with Crippen LogP contribution in [0.2, 0.25) is 0 Å². The van der Waals surface area contributed by atoms with Crippen LogP contribution in [0.5, 0.6) is 0 Å². The third-order valence-electron chi connectivity index (χ3n) is 0.773. The molecule has 0 atom stereocenters. The van der Waals surface area contributed by atoms with Gasteiger partial charge in [0.05, 0.1) is 11.6 Å². The van der Waals surface area contributed by atoms with Crippen molar-refractivity contribution >= 4 is 6.40 Å². The fourth-order valence-corrected chi connectivity index (χ4v) is 0.310. The molecule has 10 heavy (non-hydrogen) atoms. The Morgan fingerprint density at radius 3 is 2.10 bits per heavy atom. The van der Waals surface area contributed by atoms with E-state index < -0.39 is 0 Å². The quantitative estimate of drug-likeness (QED) is 0.429. The van der Waals surface area contributed by atoms with Crippen molar-refractivity contribution in [2.45, 2.75) is 46.3 Å². The molecule has 0 fully saturated rings. The highest BCUT2D eigenvalue weighted by Gasteiger charge is 2.04. The van der Waals surface area contributed by atoms with Gasteiger partial charge in [0.25, 0.3) is 0 Å². The summed E-state index contributed by atoms with van der Waals surface area (Å²) in [6, 6.07) is 0. The van der Waals surface area contributed by atoms with Crippen molar-refractivity contribution in [1.82, 2.24) is 0 Å². The van der Waals surface area contributed by atoms with E-state index in [0.29, 0.717) is 0 Å². The summed E-state index contributed by atoms with van der Waals surface area (Å²) in [5, 5.41) is 0. The van der Waals surface area contributed by atoms with Crippen LogP contribution < -0.4 is 0 Å². The van der Waals surface area contributed by atoms with E-state index in [0.717, 1.165) is 0 Å². The van der Waals surface area contributed by atoms with Crippen LogP contribution in [0.15, 0.2) is 4.99 Å². The predicted molar refractivity (Wildman–Crippen MR) is 44.5 cm³/mol. The minimum Gasteiger partial charge on any atom is -0.481 e. The molecular formula is C8H17NO. The zero-order valence-electron chi connectivity index (χ0n) is 7.51. The Hall–Kier alpha value is -0.530. The highest BCUT2D eigenvalue weighted by atomic mass is 16.5. The molecule has 0 bridgehead atoms. The van der Waals surface area contributed by atoms with Gasteiger partial charge in [-0.25, -0.2) is 0 Å². The summed E-state index contributed by atoms with van der Waals surface area (Å²) in [5.74, 6) is 0. The number of nitrogens with zero attached hydrogens (tertiary/aromatic N) is 1. The first kappa shape index (κ1) is 9.47. The molecule has 0 amide bonds. The zero-order valence-corrected chi connectivity index (χ0v) is 7.51. The van der Waals surface area contributed by atoms with Crippen LogP contribution in [0.3, 0.4) is 0 Å². The maximum atomic E-state index is 5.13. The second kappa shape index (κ2) is 3.59. The molecule has 2 heteroatoms. The molecule has 0 spiro atoms. The fourth-order valence-electron chi connectivity index (χ4n) is 0.310. The zero-order chi connectivity index (χ0) is 8.20. The summed E-state index contributed by atoms with van der Waals surface area (Å²) >= 11 is 0. The highest BCUT2D eigenvalue weighted by Crippen LogP contribution is 2.04. The molecule has 0 rings (SSSR count). The molecule has 0 saturated carbocycles. The minimum atomic E-state index is -0.0190.